The Morgan fingerprint density at radius 1 is 1.20 bits per heavy atom. The smallest absolute Gasteiger partial charge is 0.142 e. The van der Waals surface area contributed by atoms with E-state index >= 15 is 0 Å². The van der Waals surface area contributed by atoms with Crippen molar-refractivity contribution in [3.8, 4) is 5.75 Å². The molecule has 1 fully saturated rings. The number of para-hydroxylation sites is 2. The quantitative estimate of drug-likeness (QED) is 0.833. The zero-order valence-electron chi connectivity index (χ0n) is 12.6. The summed E-state index contributed by atoms with van der Waals surface area (Å²) in [4.78, 5) is 0. The van der Waals surface area contributed by atoms with Crippen LogP contribution >= 0.6 is 0 Å². The fourth-order valence-electron chi connectivity index (χ4n) is 3.00. The van der Waals surface area contributed by atoms with Gasteiger partial charge in [-0.2, -0.15) is 0 Å². The second-order valence-electron chi connectivity index (χ2n) is 6.03. The lowest BCUT2D eigenvalue weighted by atomic mass is 9.79. The summed E-state index contributed by atoms with van der Waals surface area (Å²) in [7, 11) is 0. The Bertz CT molecular complexity index is 406. The van der Waals surface area contributed by atoms with E-state index in [1.807, 2.05) is 32.0 Å². The van der Waals surface area contributed by atoms with Crippen LogP contribution in [0, 0.1) is 11.8 Å². The van der Waals surface area contributed by atoms with Gasteiger partial charge in [-0.1, -0.05) is 25.0 Å². The maximum absolute atomic E-state index is 9.48. The summed E-state index contributed by atoms with van der Waals surface area (Å²) in [6.45, 7) is 5.32. The first-order valence-corrected chi connectivity index (χ1v) is 7.81. The van der Waals surface area contributed by atoms with Crippen molar-refractivity contribution < 1.29 is 9.84 Å². The highest BCUT2D eigenvalue weighted by Gasteiger charge is 2.24. The van der Waals surface area contributed by atoms with Crippen LogP contribution in [0.25, 0.3) is 0 Å². The number of hydrogen-bond acceptors (Lipinski definition) is 3. The molecule has 0 heterocycles. The summed E-state index contributed by atoms with van der Waals surface area (Å²) >= 11 is 0. The van der Waals surface area contributed by atoms with Crippen molar-refractivity contribution >= 4 is 5.69 Å². The van der Waals surface area contributed by atoms with Crippen LogP contribution in [0.4, 0.5) is 5.69 Å². The van der Waals surface area contributed by atoms with Crippen LogP contribution in [0.2, 0.25) is 0 Å². The molecule has 0 aliphatic heterocycles. The largest absolute Gasteiger partial charge is 0.489 e. The Labute approximate surface area is 122 Å². The molecule has 20 heavy (non-hydrogen) atoms. The normalized spacial score (nSPS) is 22.8. The third kappa shape index (κ3) is 4.14. The van der Waals surface area contributed by atoms with E-state index in [1.54, 1.807) is 0 Å². The average molecular weight is 277 g/mol. The van der Waals surface area contributed by atoms with Gasteiger partial charge in [0.15, 0.2) is 0 Å². The second-order valence-corrected chi connectivity index (χ2v) is 6.03. The van der Waals surface area contributed by atoms with Gasteiger partial charge in [-0.05, 0) is 50.7 Å². The van der Waals surface area contributed by atoms with Crippen LogP contribution in [-0.4, -0.2) is 24.4 Å². The number of hydrogen-bond donors (Lipinski definition) is 2. The fourth-order valence-corrected chi connectivity index (χ4v) is 3.00. The van der Waals surface area contributed by atoms with Crippen LogP contribution in [0.5, 0.6) is 5.75 Å². The third-order valence-electron chi connectivity index (χ3n) is 4.11. The van der Waals surface area contributed by atoms with E-state index in [-0.39, 0.29) is 6.10 Å². The van der Waals surface area contributed by atoms with E-state index in [9.17, 15) is 5.11 Å². The van der Waals surface area contributed by atoms with Crippen molar-refractivity contribution in [2.45, 2.75) is 45.6 Å². The van der Waals surface area contributed by atoms with Gasteiger partial charge in [0.05, 0.1) is 11.8 Å². The summed E-state index contributed by atoms with van der Waals surface area (Å²) in [6.07, 6.45) is 5.10. The van der Waals surface area contributed by atoms with E-state index in [0.717, 1.165) is 24.4 Å². The molecule has 2 unspecified atom stereocenters. The highest BCUT2D eigenvalue weighted by atomic mass is 16.5. The molecule has 0 aromatic heterocycles. The molecule has 1 saturated carbocycles. The number of nitrogens with one attached hydrogen (secondary N) is 1. The van der Waals surface area contributed by atoms with Gasteiger partial charge in [0, 0.05) is 13.2 Å². The monoisotopic (exact) mass is 277 g/mol. The Morgan fingerprint density at radius 2 is 1.90 bits per heavy atom. The van der Waals surface area contributed by atoms with Crippen molar-refractivity contribution in [3.63, 3.8) is 0 Å². The van der Waals surface area contributed by atoms with E-state index in [0.29, 0.717) is 18.4 Å². The molecule has 0 saturated heterocycles. The highest BCUT2D eigenvalue weighted by Crippen LogP contribution is 2.31. The molecular weight excluding hydrogens is 250 g/mol. The van der Waals surface area contributed by atoms with Crippen LogP contribution < -0.4 is 10.1 Å². The number of rotatable bonds is 6. The topological polar surface area (TPSA) is 41.5 Å². The van der Waals surface area contributed by atoms with Crippen LogP contribution in [0.3, 0.4) is 0 Å². The minimum atomic E-state index is 0.179. The number of aliphatic hydroxyl groups is 1. The Kier molecular flexibility index (Phi) is 5.72. The van der Waals surface area contributed by atoms with E-state index in [2.05, 4.69) is 11.4 Å². The number of anilines is 1. The summed E-state index contributed by atoms with van der Waals surface area (Å²) in [6, 6.07) is 8.10. The van der Waals surface area contributed by atoms with Gasteiger partial charge < -0.3 is 15.2 Å². The molecule has 0 amide bonds. The lowest BCUT2D eigenvalue weighted by Crippen LogP contribution is -2.28. The second kappa shape index (κ2) is 7.53. The third-order valence-corrected chi connectivity index (χ3v) is 4.11. The van der Waals surface area contributed by atoms with Crippen LogP contribution in [0.1, 0.15) is 39.5 Å². The van der Waals surface area contributed by atoms with E-state index in [1.165, 1.54) is 19.3 Å². The van der Waals surface area contributed by atoms with Crippen molar-refractivity contribution in [1.29, 1.82) is 0 Å². The van der Waals surface area contributed by atoms with Crippen LogP contribution in [0.15, 0.2) is 24.3 Å². The molecule has 112 valence electrons. The Balaban J connectivity index is 1.96. The SMILES string of the molecule is CC(C)Oc1ccccc1NCC1CCCCC1CO. The van der Waals surface area contributed by atoms with Gasteiger partial charge in [-0.15, -0.1) is 0 Å². The van der Waals surface area contributed by atoms with Gasteiger partial charge in [-0.25, -0.2) is 0 Å². The highest BCUT2D eigenvalue weighted by molar-refractivity contribution is 5.56. The summed E-state index contributed by atoms with van der Waals surface area (Å²) in [5.41, 5.74) is 1.06. The molecule has 0 spiro atoms. The fraction of sp³-hybridized carbons (Fsp3) is 0.647. The minimum absolute atomic E-state index is 0.179. The number of aliphatic hydroxyl groups excluding tert-OH is 1. The van der Waals surface area contributed by atoms with Gasteiger partial charge in [-0.3, -0.25) is 0 Å². The average Bonchev–Trinajstić information content (AvgIpc) is 2.46. The van der Waals surface area contributed by atoms with Gasteiger partial charge >= 0.3 is 0 Å². The zero-order valence-corrected chi connectivity index (χ0v) is 12.6. The van der Waals surface area contributed by atoms with Gasteiger partial charge in [0.2, 0.25) is 0 Å². The first-order chi connectivity index (χ1) is 9.70. The maximum atomic E-state index is 9.48. The molecule has 2 N–H and O–H groups in total. The Hall–Kier alpha value is -1.22. The summed E-state index contributed by atoms with van der Waals surface area (Å²) in [5.74, 6) is 1.94. The molecule has 3 nitrogen and oxygen atoms in total. The predicted molar refractivity (Wildman–Crippen MR) is 83.2 cm³/mol. The van der Waals surface area contributed by atoms with Crippen molar-refractivity contribution in [3.05, 3.63) is 24.3 Å². The number of ether oxygens (including phenoxy) is 1. The lowest BCUT2D eigenvalue weighted by molar-refractivity contribution is 0.141. The molecule has 2 rings (SSSR count). The zero-order chi connectivity index (χ0) is 14.4. The Morgan fingerprint density at radius 3 is 2.60 bits per heavy atom. The van der Waals surface area contributed by atoms with Gasteiger partial charge in [0.25, 0.3) is 0 Å². The number of benzene rings is 1. The van der Waals surface area contributed by atoms with Crippen molar-refractivity contribution in [2.75, 3.05) is 18.5 Å². The lowest BCUT2D eigenvalue weighted by Gasteiger charge is -2.30. The first-order valence-electron chi connectivity index (χ1n) is 7.81. The van der Waals surface area contributed by atoms with Crippen molar-refractivity contribution in [2.24, 2.45) is 11.8 Å². The van der Waals surface area contributed by atoms with E-state index in [4.69, 9.17) is 4.74 Å². The molecule has 1 aromatic carbocycles. The molecule has 1 aliphatic carbocycles. The predicted octanol–water partition coefficient (Wildman–Crippen LogP) is 3.68. The standard InChI is InChI=1S/C17H27NO2/c1-13(2)20-17-10-6-5-9-16(17)18-11-14-7-3-4-8-15(14)12-19/h5-6,9-10,13-15,18-19H,3-4,7-8,11-12H2,1-2H3. The van der Waals surface area contributed by atoms with Crippen LogP contribution in [-0.2, 0) is 0 Å². The molecular formula is C17H27NO2. The molecule has 1 aliphatic rings. The molecule has 0 radical (unpaired) electrons. The molecule has 3 heteroatoms. The molecule has 2 atom stereocenters. The molecule has 1 aromatic rings. The van der Waals surface area contributed by atoms with E-state index < -0.39 is 0 Å². The maximum Gasteiger partial charge on any atom is 0.142 e. The van der Waals surface area contributed by atoms with Crippen molar-refractivity contribution in [1.82, 2.24) is 0 Å². The minimum Gasteiger partial charge on any atom is -0.489 e. The summed E-state index contributed by atoms with van der Waals surface area (Å²) < 4.78 is 5.83. The molecule has 0 bridgehead atoms. The van der Waals surface area contributed by atoms with Gasteiger partial charge in [0.1, 0.15) is 5.75 Å². The first kappa shape index (κ1) is 15.2. The summed E-state index contributed by atoms with van der Waals surface area (Å²) in [5, 5.41) is 13.0.